The number of hydrogen-bond acceptors (Lipinski definition) is 2. The van der Waals surface area contributed by atoms with Gasteiger partial charge in [-0.15, -0.1) is 0 Å². The third-order valence-electron chi connectivity index (χ3n) is 1.34. The second kappa shape index (κ2) is 9.92. The van der Waals surface area contributed by atoms with Crippen LogP contribution in [0.25, 0.3) is 0 Å². The molecule has 0 aromatic rings. The van der Waals surface area contributed by atoms with Gasteiger partial charge in [-0.25, -0.2) is 0 Å². The minimum absolute atomic E-state index is 1.19. The Morgan fingerprint density at radius 1 is 0.727 bits per heavy atom. The van der Waals surface area contributed by atoms with Crippen LogP contribution in [0.3, 0.4) is 0 Å². The lowest BCUT2D eigenvalue weighted by atomic mass is 10.5. The minimum Gasteiger partial charge on any atom is -0.312 e. The van der Waals surface area contributed by atoms with Crippen molar-refractivity contribution in [3.05, 3.63) is 0 Å². The Morgan fingerprint density at radius 3 is 0.909 bits per heavy atom. The first-order valence-electron chi connectivity index (χ1n) is 4.41. The lowest BCUT2D eigenvalue weighted by molar-refractivity contribution is 0.321. The third kappa shape index (κ3) is 17.8. The van der Waals surface area contributed by atoms with Gasteiger partial charge in [0.2, 0.25) is 0 Å². The van der Waals surface area contributed by atoms with E-state index in [1.807, 2.05) is 26.0 Å². The molecule has 0 aromatic heterocycles. The molecule has 0 spiro atoms. The van der Waals surface area contributed by atoms with E-state index in [2.05, 4.69) is 25.7 Å². The predicted octanol–water partition coefficient (Wildman–Crippen LogP) is 1.53. The van der Waals surface area contributed by atoms with E-state index >= 15 is 0 Å². The Balaban J connectivity index is 0. The molecule has 0 bridgehead atoms. The molecule has 0 atom stereocenters. The fourth-order valence-electron chi connectivity index (χ4n) is 0.671. The van der Waals surface area contributed by atoms with Crippen LogP contribution >= 0.6 is 0 Å². The number of rotatable bonds is 3. The van der Waals surface area contributed by atoms with E-state index in [0.29, 0.717) is 0 Å². The average Bonchev–Trinajstić information content (AvgIpc) is 1.90. The summed E-state index contributed by atoms with van der Waals surface area (Å²) in [5, 5.41) is 0. The molecule has 0 rings (SSSR count). The van der Waals surface area contributed by atoms with Gasteiger partial charge in [0.1, 0.15) is 0 Å². The van der Waals surface area contributed by atoms with E-state index in [4.69, 9.17) is 0 Å². The number of hydrogen-bond donors (Lipinski definition) is 0. The number of nitrogens with zero attached hydrogens (tertiary/aromatic N) is 2. The standard InChI is InChI=1S/C6H15N.C3H9N/c1-4-7(5-2)6-3;1-4(2)3/h4-6H2,1-3H3;1-3H3. The summed E-state index contributed by atoms with van der Waals surface area (Å²) in [5.41, 5.74) is 0. The molecule has 0 saturated carbocycles. The van der Waals surface area contributed by atoms with Gasteiger partial charge in [0.25, 0.3) is 0 Å². The highest BCUT2D eigenvalue weighted by Crippen LogP contribution is 1.81. The smallest absolute Gasteiger partial charge is 0.00474 e. The van der Waals surface area contributed by atoms with Gasteiger partial charge in [-0.3, -0.25) is 0 Å². The molecule has 70 valence electrons. The van der Waals surface area contributed by atoms with Gasteiger partial charge < -0.3 is 9.80 Å². The maximum atomic E-state index is 2.38. The first kappa shape index (κ1) is 13.5. The predicted molar refractivity (Wildman–Crippen MR) is 53.1 cm³/mol. The van der Waals surface area contributed by atoms with E-state index in [1.165, 1.54) is 19.6 Å². The molecular weight excluding hydrogens is 136 g/mol. The highest BCUT2D eigenvalue weighted by Gasteiger charge is 1.89. The summed E-state index contributed by atoms with van der Waals surface area (Å²) in [6.45, 7) is 10.1. The zero-order valence-corrected chi connectivity index (χ0v) is 9.02. The molecule has 2 nitrogen and oxygen atoms in total. The average molecular weight is 160 g/mol. The second-order valence-electron chi connectivity index (χ2n) is 2.96. The van der Waals surface area contributed by atoms with Crippen molar-refractivity contribution in [1.82, 2.24) is 9.80 Å². The second-order valence-corrected chi connectivity index (χ2v) is 2.96. The van der Waals surface area contributed by atoms with Gasteiger partial charge in [0.05, 0.1) is 0 Å². The van der Waals surface area contributed by atoms with E-state index in [1.54, 1.807) is 0 Å². The van der Waals surface area contributed by atoms with Crippen LogP contribution in [0.2, 0.25) is 0 Å². The van der Waals surface area contributed by atoms with Crippen LogP contribution in [0.5, 0.6) is 0 Å². The monoisotopic (exact) mass is 160 g/mol. The Hall–Kier alpha value is -0.0800. The molecule has 0 saturated heterocycles. The van der Waals surface area contributed by atoms with E-state index in [9.17, 15) is 0 Å². The van der Waals surface area contributed by atoms with Crippen LogP contribution in [0.15, 0.2) is 0 Å². The highest BCUT2D eigenvalue weighted by molar-refractivity contribution is 4.43. The van der Waals surface area contributed by atoms with Gasteiger partial charge in [-0.05, 0) is 40.8 Å². The van der Waals surface area contributed by atoms with Crippen molar-refractivity contribution in [2.24, 2.45) is 0 Å². The topological polar surface area (TPSA) is 6.48 Å². The molecule has 0 unspecified atom stereocenters. The molecular formula is C9H24N2. The largest absolute Gasteiger partial charge is 0.312 e. The van der Waals surface area contributed by atoms with Gasteiger partial charge >= 0.3 is 0 Å². The van der Waals surface area contributed by atoms with Crippen LogP contribution in [-0.4, -0.2) is 50.6 Å². The van der Waals surface area contributed by atoms with E-state index < -0.39 is 0 Å². The maximum absolute atomic E-state index is 2.38. The summed E-state index contributed by atoms with van der Waals surface area (Å²) >= 11 is 0. The van der Waals surface area contributed by atoms with E-state index in [0.717, 1.165) is 0 Å². The Morgan fingerprint density at radius 2 is 0.909 bits per heavy atom. The molecule has 0 aliphatic heterocycles. The van der Waals surface area contributed by atoms with E-state index in [-0.39, 0.29) is 0 Å². The van der Waals surface area contributed by atoms with Gasteiger partial charge in [0, 0.05) is 0 Å². The molecule has 0 N–H and O–H groups in total. The minimum atomic E-state index is 1.19. The van der Waals surface area contributed by atoms with Gasteiger partial charge in [0.15, 0.2) is 0 Å². The fourth-order valence-corrected chi connectivity index (χ4v) is 0.671. The van der Waals surface area contributed by atoms with Crippen molar-refractivity contribution in [3.8, 4) is 0 Å². The Kier molecular flexibility index (Phi) is 12.2. The lowest BCUT2D eigenvalue weighted by Gasteiger charge is -2.13. The van der Waals surface area contributed by atoms with Crippen LogP contribution in [0.4, 0.5) is 0 Å². The molecule has 2 heteroatoms. The first-order valence-corrected chi connectivity index (χ1v) is 4.41. The summed E-state index contributed by atoms with van der Waals surface area (Å²) in [7, 11) is 6.00. The molecule has 11 heavy (non-hydrogen) atoms. The van der Waals surface area contributed by atoms with Crippen molar-refractivity contribution in [3.63, 3.8) is 0 Å². The van der Waals surface area contributed by atoms with Crippen molar-refractivity contribution < 1.29 is 0 Å². The third-order valence-corrected chi connectivity index (χ3v) is 1.34. The van der Waals surface area contributed by atoms with Crippen molar-refractivity contribution >= 4 is 0 Å². The van der Waals surface area contributed by atoms with Crippen LogP contribution in [0, 0.1) is 0 Å². The molecule has 0 fully saturated rings. The summed E-state index contributed by atoms with van der Waals surface area (Å²) in [4.78, 5) is 4.38. The molecule has 0 aliphatic rings. The Bertz CT molecular complexity index is 50.3. The Labute approximate surface area is 72.2 Å². The maximum Gasteiger partial charge on any atom is -0.00474 e. The van der Waals surface area contributed by atoms with Gasteiger partial charge in [-0.1, -0.05) is 20.8 Å². The summed E-state index contributed by atoms with van der Waals surface area (Å²) in [6, 6.07) is 0. The highest BCUT2D eigenvalue weighted by atomic mass is 15.1. The zero-order valence-electron chi connectivity index (χ0n) is 9.02. The van der Waals surface area contributed by atoms with Crippen molar-refractivity contribution in [2.45, 2.75) is 20.8 Å². The molecule has 0 heterocycles. The van der Waals surface area contributed by atoms with Crippen LogP contribution in [-0.2, 0) is 0 Å². The molecule has 0 aromatic carbocycles. The van der Waals surface area contributed by atoms with Crippen LogP contribution < -0.4 is 0 Å². The molecule has 0 radical (unpaired) electrons. The normalized spacial score (nSPS) is 9.82. The molecule has 0 amide bonds. The van der Waals surface area contributed by atoms with Crippen molar-refractivity contribution in [2.75, 3.05) is 40.8 Å². The van der Waals surface area contributed by atoms with Gasteiger partial charge in [-0.2, -0.15) is 0 Å². The van der Waals surface area contributed by atoms with Crippen LogP contribution in [0.1, 0.15) is 20.8 Å². The molecule has 0 aliphatic carbocycles. The summed E-state index contributed by atoms with van der Waals surface area (Å²) < 4.78 is 0. The summed E-state index contributed by atoms with van der Waals surface area (Å²) in [5.74, 6) is 0. The van der Waals surface area contributed by atoms with Crippen molar-refractivity contribution in [1.29, 1.82) is 0 Å². The lowest BCUT2D eigenvalue weighted by Crippen LogP contribution is -2.21. The SMILES string of the molecule is CCN(CC)CC.CN(C)C. The quantitative estimate of drug-likeness (QED) is 0.618. The zero-order chi connectivity index (χ0) is 9.28. The summed E-state index contributed by atoms with van der Waals surface area (Å²) in [6.07, 6.45) is 0. The fraction of sp³-hybridized carbons (Fsp3) is 1.00. The first-order chi connectivity index (χ1) is 5.08.